The molecule has 2 N–H and O–H groups in total. The van der Waals surface area contributed by atoms with E-state index >= 15 is 0 Å². The van der Waals surface area contributed by atoms with Crippen LogP contribution >= 0.6 is 0 Å². The molecule has 0 bridgehead atoms. The van der Waals surface area contributed by atoms with Crippen LogP contribution in [0, 0.1) is 0 Å². The smallest absolute Gasteiger partial charge is 0.251 e. The number of ether oxygens (including phenoxy) is 1. The predicted octanol–water partition coefficient (Wildman–Crippen LogP) is 1.84. The van der Waals surface area contributed by atoms with Crippen LogP contribution in [0.5, 0.6) is 5.75 Å². The second-order valence-corrected chi connectivity index (χ2v) is 4.65. The minimum absolute atomic E-state index is 0.0734. The summed E-state index contributed by atoms with van der Waals surface area (Å²) in [6, 6.07) is 5.48. The van der Waals surface area contributed by atoms with Crippen molar-refractivity contribution in [1.29, 1.82) is 0 Å². The highest BCUT2D eigenvalue weighted by atomic mass is 16.5. The number of fused-ring (bicyclic) bond motifs is 1. The van der Waals surface area contributed by atoms with E-state index in [1.807, 2.05) is 19.1 Å². The zero-order chi connectivity index (χ0) is 13.2. The Morgan fingerprint density at radius 2 is 2.42 bits per heavy atom. The fraction of sp³-hybridized carbons (Fsp3) is 0.286. The van der Waals surface area contributed by atoms with Crippen LogP contribution in [-0.4, -0.2) is 22.7 Å². The van der Waals surface area contributed by atoms with Crippen LogP contribution in [0.2, 0.25) is 0 Å². The number of aromatic amines is 1. The third-order valence-corrected chi connectivity index (χ3v) is 3.32. The Morgan fingerprint density at radius 1 is 1.53 bits per heavy atom. The van der Waals surface area contributed by atoms with E-state index in [2.05, 4.69) is 15.5 Å². The maximum absolute atomic E-state index is 12.2. The van der Waals surface area contributed by atoms with Crippen LogP contribution in [-0.2, 0) is 6.42 Å². The average Bonchev–Trinajstić information content (AvgIpc) is 3.09. The van der Waals surface area contributed by atoms with Gasteiger partial charge in [0, 0.05) is 23.7 Å². The van der Waals surface area contributed by atoms with Crippen LogP contribution in [0.15, 0.2) is 30.6 Å². The first-order chi connectivity index (χ1) is 9.24. The number of rotatable bonds is 3. The van der Waals surface area contributed by atoms with E-state index in [9.17, 15) is 4.79 Å². The van der Waals surface area contributed by atoms with Crippen LogP contribution < -0.4 is 10.1 Å². The van der Waals surface area contributed by atoms with Crippen molar-refractivity contribution < 1.29 is 9.53 Å². The van der Waals surface area contributed by atoms with Gasteiger partial charge in [0.15, 0.2) is 0 Å². The van der Waals surface area contributed by atoms with Gasteiger partial charge in [-0.15, -0.1) is 0 Å². The van der Waals surface area contributed by atoms with Gasteiger partial charge in [-0.25, -0.2) is 0 Å². The van der Waals surface area contributed by atoms with Gasteiger partial charge in [0.05, 0.1) is 18.8 Å². The highest BCUT2D eigenvalue weighted by Crippen LogP contribution is 2.26. The number of carbonyl (C=O) groups is 1. The van der Waals surface area contributed by atoms with Crippen LogP contribution in [0.1, 0.15) is 34.5 Å². The molecule has 5 heteroatoms. The number of aromatic nitrogens is 2. The molecular weight excluding hydrogens is 242 g/mol. The maximum Gasteiger partial charge on any atom is 0.251 e. The number of benzene rings is 1. The quantitative estimate of drug-likeness (QED) is 0.881. The fourth-order valence-electron chi connectivity index (χ4n) is 2.19. The number of hydrogen-bond donors (Lipinski definition) is 2. The standard InChI is InChI=1S/C14H15N3O2/c1-9(12-7-15-16-8-12)17-14(18)11-2-3-13-10(6-11)4-5-19-13/h2-3,6-9H,4-5H2,1H3,(H,15,16)(H,17,18). The molecule has 1 aliphatic heterocycles. The fourth-order valence-corrected chi connectivity index (χ4v) is 2.19. The Morgan fingerprint density at radius 3 is 3.21 bits per heavy atom. The summed E-state index contributed by atoms with van der Waals surface area (Å²) in [5, 5.41) is 9.57. The van der Waals surface area contributed by atoms with Crippen molar-refractivity contribution in [1.82, 2.24) is 15.5 Å². The molecule has 5 nitrogen and oxygen atoms in total. The summed E-state index contributed by atoms with van der Waals surface area (Å²) in [7, 11) is 0. The molecule has 0 spiro atoms. The molecule has 1 unspecified atom stereocenters. The molecule has 2 heterocycles. The van der Waals surface area contributed by atoms with Gasteiger partial charge in [-0.2, -0.15) is 5.10 Å². The predicted molar refractivity (Wildman–Crippen MR) is 70.1 cm³/mol. The summed E-state index contributed by atoms with van der Waals surface area (Å²) in [6.07, 6.45) is 4.36. The molecule has 0 saturated carbocycles. The van der Waals surface area contributed by atoms with E-state index in [0.29, 0.717) is 12.2 Å². The summed E-state index contributed by atoms with van der Waals surface area (Å²) in [6.45, 7) is 2.63. The lowest BCUT2D eigenvalue weighted by atomic mass is 10.1. The first-order valence-electron chi connectivity index (χ1n) is 6.29. The first-order valence-corrected chi connectivity index (χ1v) is 6.29. The molecule has 3 rings (SSSR count). The molecule has 1 atom stereocenters. The number of amides is 1. The average molecular weight is 257 g/mol. The maximum atomic E-state index is 12.2. The van der Waals surface area contributed by atoms with Gasteiger partial charge in [0.1, 0.15) is 5.75 Å². The number of H-pyrrole nitrogens is 1. The molecule has 1 aromatic carbocycles. The van der Waals surface area contributed by atoms with Crippen molar-refractivity contribution in [3.63, 3.8) is 0 Å². The SMILES string of the molecule is CC(NC(=O)c1ccc2c(c1)CCO2)c1cn[nH]c1. The molecule has 0 aliphatic carbocycles. The second-order valence-electron chi connectivity index (χ2n) is 4.65. The highest BCUT2D eigenvalue weighted by Gasteiger charge is 2.16. The summed E-state index contributed by atoms with van der Waals surface area (Å²) in [5.74, 6) is 0.808. The van der Waals surface area contributed by atoms with Crippen molar-refractivity contribution in [2.75, 3.05) is 6.61 Å². The lowest BCUT2D eigenvalue weighted by Gasteiger charge is -2.12. The van der Waals surface area contributed by atoms with Crippen molar-refractivity contribution in [3.8, 4) is 5.75 Å². The number of carbonyl (C=O) groups excluding carboxylic acids is 1. The lowest BCUT2D eigenvalue weighted by Crippen LogP contribution is -2.26. The van der Waals surface area contributed by atoms with E-state index in [1.165, 1.54) is 0 Å². The minimum Gasteiger partial charge on any atom is -0.493 e. The Bertz CT molecular complexity index is 593. The van der Waals surface area contributed by atoms with Gasteiger partial charge in [-0.3, -0.25) is 9.89 Å². The Kier molecular flexibility index (Phi) is 2.95. The van der Waals surface area contributed by atoms with E-state index < -0.39 is 0 Å². The van der Waals surface area contributed by atoms with Gasteiger partial charge in [0.2, 0.25) is 0 Å². The van der Waals surface area contributed by atoms with E-state index in [1.54, 1.807) is 18.5 Å². The van der Waals surface area contributed by atoms with Gasteiger partial charge in [0.25, 0.3) is 5.91 Å². The van der Waals surface area contributed by atoms with E-state index in [-0.39, 0.29) is 11.9 Å². The molecule has 0 radical (unpaired) electrons. The van der Waals surface area contributed by atoms with Gasteiger partial charge >= 0.3 is 0 Å². The third-order valence-electron chi connectivity index (χ3n) is 3.32. The van der Waals surface area contributed by atoms with E-state index in [4.69, 9.17) is 4.74 Å². The zero-order valence-corrected chi connectivity index (χ0v) is 10.6. The molecule has 2 aromatic rings. The largest absolute Gasteiger partial charge is 0.493 e. The zero-order valence-electron chi connectivity index (χ0n) is 10.6. The highest BCUT2D eigenvalue weighted by molar-refractivity contribution is 5.94. The summed E-state index contributed by atoms with van der Waals surface area (Å²) < 4.78 is 5.43. The molecule has 1 aromatic heterocycles. The summed E-state index contributed by atoms with van der Waals surface area (Å²) >= 11 is 0. The normalized spacial score (nSPS) is 14.6. The van der Waals surface area contributed by atoms with E-state index in [0.717, 1.165) is 23.3 Å². The van der Waals surface area contributed by atoms with Crippen molar-refractivity contribution in [2.45, 2.75) is 19.4 Å². The van der Waals surface area contributed by atoms with Gasteiger partial charge < -0.3 is 10.1 Å². The topological polar surface area (TPSA) is 67.0 Å². The monoisotopic (exact) mass is 257 g/mol. The molecular formula is C14H15N3O2. The molecule has 98 valence electrons. The molecule has 0 saturated heterocycles. The third kappa shape index (κ3) is 2.31. The van der Waals surface area contributed by atoms with Gasteiger partial charge in [-0.1, -0.05) is 0 Å². The minimum atomic E-state index is -0.0802. The molecule has 19 heavy (non-hydrogen) atoms. The Labute approximate surface area is 111 Å². The first kappa shape index (κ1) is 11.8. The van der Waals surface area contributed by atoms with Gasteiger partial charge in [-0.05, 0) is 30.7 Å². The lowest BCUT2D eigenvalue weighted by molar-refractivity contribution is 0.0940. The molecule has 1 aliphatic rings. The summed E-state index contributed by atoms with van der Waals surface area (Å²) in [5.41, 5.74) is 2.72. The van der Waals surface area contributed by atoms with Crippen molar-refractivity contribution in [3.05, 3.63) is 47.3 Å². The molecule has 0 fully saturated rings. The van der Waals surface area contributed by atoms with Crippen LogP contribution in [0.25, 0.3) is 0 Å². The van der Waals surface area contributed by atoms with Crippen molar-refractivity contribution in [2.24, 2.45) is 0 Å². The van der Waals surface area contributed by atoms with Crippen molar-refractivity contribution >= 4 is 5.91 Å². The summed E-state index contributed by atoms with van der Waals surface area (Å²) in [4.78, 5) is 12.2. The Balaban J connectivity index is 1.74. The molecule has 1 amide bonds. The number of nitrogens with one attached hydrogen (secondary N) is 2. The Hall–Kier alpha value is -2.30. The number of hydrogen-bond acceptors (Lipinski definition) is 3. The van der Waals surface area contributed by atoms with Crippen LogP contribution in [0.3, 0.4) is 0 Å². The second kappa shape index (κ2) is 4.76. The number of nitrogens with zero attached hydrogens (tertiary/aromatic N) is 1. The van der Waals surface area contributed by atoms with Crippen LogP contribution in [0.4, 0.5) is 0 Å².